The zero-order chi connectivity index (χ0) is 15.8. The Balaban J connectivity index is 2.00. The van der Waals surface area contributed by atoms with Gasteiger partial charge in [0, 0.05) is 6.42 Å². The van der Waals surface area contributed by atoms with Crippen LogP contribution in [0.25, 0.3) is 0 Å². The average molecular weight is 302 g/mol. The topological polar surface area (TPSA) is 86.1 Å². The molecule has 1 N–H and O–H groups in total. The number of nitrogens with one attached hydrogen (secondary N) is 1. The fraction of sp³-hybridized carbons (Fsp3) is 0.333. The van der Waals surface area contributed by atoms with E-state index in [4.69, 9.17) is 4.74 Å². The normalized spacial score (nSPS) is 11.7. The quantitative estimate of drug-likeness (QED) is 0.756. The smallest absolute Gasteiger partial charge is 0.328 e. The maximum absolute atomic E-state index is 12.0. The Morgan fingerprint density at radius 1 is 1.32 bits per heavy atom. The Hall–Kier alpha value is -2.70. The first-order valence-corrected chi connectivity index (χ1v) is 7.01. The van der Waals surface area contributed by atoms with Gasteiger partial charge in [0.25, 0.3) is 0 Å². The third-order valence-corrected chi connectivity index (χ3v) is 2.96. The Morgan fingerprint density at radius 3 is 2.73 bits per heavy atom. The zero-order valence-corrected chi connectivity index (χ0v) is 12.3. The fourth-order valence-electron chi connectivity index (χ4n) is 1.99. The van der Waals surface area contributed by atoms with E-state index in [0.717, 1.165) is 5.56 Å². The van der Waals surface area contributed by atoms with Crippen molar-refractivity contribution in [1.82, 2.24) is 20.1 Å². The van der Waals surface area contributed by atoms with Gasteiger partial charge >= 0.3 is 5.97 Å². The van der Waals surface area contributed by atoms with Crippen LogP contribution in [0.4, 0.5) is 0 Å². The molecule has 1 unspecified atom stereocenters. The lowest BCUT2D eigenvalue weighted by atomic mass is 10.1. The van der Waals surface area contributed by atoms with E-state index < -0.39 is 12.0 Å². The number of nitrogens with zero attached hydrogens (tertiary/aromatic N) is 3. The Morgan fingerprint density at radius 2 is 2.09 bits per heavy atom. The molecule has 1 aromatic heterocycles. The first kappa shape index (κ1) is 15.7. The predicted molar refractivity (Wildman–Crippen MR) is 78.7 cm³/mol. The van der Waals surface area contributed by atoms with E-state index in [0.29, 0.717) is 6.42 Å². The van der Waals surface area contributed by atoms with Crippen LogP contribution in [-0.2, 0) is 27.3 Å². The number of hydrogen-bond donors (Lipinski definition) is 1. The summed E-state index contributed by atoms with van der Waals surface area (Å²) >= 11 is 0. The molecule has 1 atom stereocenters. The summed E-state index contributed by atoms with van der Waals surface area (Å²) in [5.41, 5.74) is 0.946. The lowest BCUT2D eigenvalue weighted by molar-refractivity contribution is -0.147. The highest BCUT2D eigenvalue weighted by Gasteiger charge is 2.22. The zero-order valence-electron chi connectivity index (χ0n) is 12.3. The van der Waals surface area contributed by atoms with Gasteiger partial charge in [-0.05, 0) is 12.5 Å². The summed E-state index contributed by atoms with van der Waals surface area (Å²) in [4.78, 5) is 27.8. The second-order valence-corrected chi connectivity index (χ2v) is 4.65. The molecule has 1 amide bonds. The maximum atomic E-state index is 12.0. The first-order chi connectivity index (χ1) is 10.7. The van der Waals surface area contributed by atoms with E-state index in [1.54, 1.807) is 6.92 Å². The van der Waals surface area contributed by atoms with E-state index in [2.05, 4.69) is 15.4 Å². The summed E-state index contributed by atoms with van der Waals surface area (Å²) in [7, 11) is 0. The van der Waals surface area contributed by atoms with Crippen LogP contribution in [0, 0.1) is 0 Å². The molecule has 0 fully saturated rings. The second-order valence-electron chi connectivity index (χ2n) is 4.65. The number of benzene rings is 1. The standard InChI is InChI=1S/C15H18N4O3/c1-2-22-15(21)13(8-12-6-4-3-5-7-12)18-14(20)9-19-11-16-10-17-19/h3-7,10-11,13H,2,8-9H2,1H3,(H,18,20). The van der Waals surface area contributed by atoms with Gasteiger partial charge in [0.05, 0.1) is 6.61 Å². The van der Waals surface area contributed by atoms with Crippen molar-refractivity contribution in [2.24, 2.45) is 0 Å². The van der Waals surface area contributed by atoms with Crippen molar-refractivity contribution in [3.63, 3.8) is 0 Å². The average Bonchev–Trinajstić information content (AvgIpc) is 3.00. The Kier molecular flexibility index (Phi) is 5.65. The molecule has 2 aromatic rings. The predicted octanol–water partition coefficient (Wildman–Crippen LogP) is 0.569. The van der Waals surface area contributed by atoms with Crippen LogP contribution in [0.2, 0.25) is 0 Å². The van der Waals surface area contributed by atoms with Crippen molar-refractivity contribution < 1.29 is 14.3 Å². The van der Waals surface area contributed by atoms with Crippen molar-refractivity contribution in [2.45, 2.75) is 25.9 Å². The summed E-state index contributed by atoms with van der Waals surface area (Å²) in [5.74, 6) is -0.766. The fourth-order valence-corrected chi connectivity index (χ4v) is 1.99. The molecule has 1 heterocycles. The van der Waals surface area contributed by atoms with Crippen molar-refractivity contribution in [2.75, 3.05) is 6.61 Å². The van der Waals surface area contributed by atoms with E-state index in [1.807, 2.05) is 30.3 Å². The van der Waals surface area contributed by atoms with Crippen molar-refractivity contribution in [3.8, 4) is 0 Å². The maximum Gasteiger partial charge on any atom is 0.328 e. The molecular weight excluding hydrogens is 284 g/mol. The molecule has 1 aromatic carbocycles. The SMILES string of the molecule is CCOC(=O)C(Cc1ccccc1)NC(=O)Cn1cncn1. The molecule has 7 nitrogen and oxygen atoms in total. The van der Waals surface area contributed by atoms with Gasteiger partial charge in [0.1, 0.15) is 25.2 Å². The first-order valence-electron chi connectivity index (χ1n) is 7.01. The van der Waals surface area contributed by atoms with Crippen molar-refractivity contribution >= 4 is 11.9 Å². The summed E-state index contributed by atoms with van der Waals surface area (Å²) in [6, 6.07) is 8.74. The molecule has 0 aliphatic rings. The number of hydrogen-bond acceptors (Lipinski definition) is 5. The molecule has 0 spiro atoms. The molecule has 0 radical (unpaired) electrons. The summed E-state index contributed by atoms with van der Waals surface area (Å²) in [6.45, 7) is 2.00. The highest BCUT2D eigenvalue weighted by molar-refractivity contribution is 5.84. The highest BCUT2D eigenvalue weighted by atomic mass is 16.5. The van der Waals surface area contributed by atoms with E-state index in [1.165, 1.54) is 17.3 Å². The number of rotatable bonds is 7. The van der Waals surface area contributed by atoms with Gasteiger partial charge in [-0.25, -0.2) is 14.5 Å². The number of carbonyl (C=O) groups is 2. The molecule has 116 valence electrons. The molecular formula is C15H18N4O3. The second kappa shape index (κ2) is 7.92. The lowest BCUT2D eigenvalue weighted by Crippen LogP contribution is -2.44. The minimum Gasteiger partial charge on any atom is -0.464 e. The van der Waals surface area contributed by atoms with E-state index in [-0.39, 0.29) is 19.1 Å². The van der Waals surface area contributed by atoms with E-state index >= 15 is 0 Å². The van der Waals surface area contributed by atoms with Crippen molar-refractivity contribution in [1.29, 1.82) is 0 Å². The summed E-state index contributed by atoms with van der Waals surface area (Å²) < 4.78 is 6.41. The monoisotopic (exact) mass is 302 g/mol. The minimum atomic E-state index is -0.724. The number of aromatic nitrogens is 3. The van der Waals surface area contributed by atoms with Gasteiger partial charge in [-0.3, -0.25) is 4.79 Å². The third-order valence-electron chi connectivity index (χ3n) is 2.96. The van der Waals surface area contributed by atoms with Gasteiger partial charge in [0.2, 0.25) is 5.91 Å². The lowest BCUT2D eigenvalue weighted by Gasteiger charge is -2.17. The number of ether oxygens (including phenoxy) is 1. The number of carbonyl (C=O) groups excluding carboxylic acids is 2. The van der Waals surface area contributed by atoms with Crippen LogP contribution in [0.1, 0.15) is 12.5 Å². The molecule has 0 bridgehead atoms. The summed E-state index contributed by atoms with van der Waals surface area (Å²) in [6.07, 6.45) is 3.17. The number of esters is 1. The minimum absolute atomic E-state index is 0.00466. The molecule has 2 rings (SSSR count). The van der Waals surface area contributed by atoms with Crippen LogP contribution in [-0.4, -0.2) is 39.3 Å². The summed E-state index contributed by atoms with van der Waals surface area (Å²) in [5, 5.41) is 6.54. The van der Waals surface area contributed by atoms with Gasteiger partial charge in [-0.1, -0.05) is 30.3 Å². The van der Waals surface area contributed by atoms with Crippen LogP contribution in [0.3, 0.4) is 0 Å². The Bertz CT molecular complexity index is 599. The van der Waals surface area contributed by atoms with Crippen molar-refractivity contribution in [3.05, 3.63) is 48.5 Å². The Labute approximate surface area is 128 Å². The highest BCUT2D eigenvalue weighted by Crippen LogP contribution is 2.05. The molecule has 0 saturated carbocycles. The molecule has 22 heavy (non-hydrogen) atoms. The van der Waals surface area contributed by atoms with Gasteiger partial charge in [-0.15, -0.1) is 0 Å². The van der Waals surface area contributed by atoms with Crippen LogP contribution in [0.5, 0.6) is 0 Å². The van der Waals surface area contributed by atoms with Crippen LogP contribution >= 0.6 is 0 Å². The van der Waals surface area contributed by atoms with E-state index in [9.17, 15) is 9.59 Å². The number of amides is 1. The van der Waals surface area contributed by atoms with Gasteiger partial charge in [0.15, 0.2) is 0 Å². The molecule has 0 aliphatic heterocycles. The molecule has 0 aliphatic carbocycles. The molecule has 0 saturated heterocycles. The van der Waals surface area contributed by atoms with Gasteiger partial charge < -0.3 is 10.1 Å². The molecule has 7 heteroatoms. The van der Waals surface area contributed by atoms with Gasteiger partial charge in [-0.2, -0.15) is 5.10 Å². The van der Waals surface area contributed by atoms with Crippen LogP contribution < -0.4 is 5.32 Å². The largest absolute Gasteiger partial charge is 0.464 e. The van der Waals surface area contributed by atoms with Crippen LogP contribution in [0.15, 0.2) is 43.0 Å². The third kappa shape index (κ3) is 4.69.